The van der Waals surface area contributed by atoms with Gasteiger partial charge in [0.25, 0.3) is 11.8 Å². The van der Waals surface area contributed by atoms with E-state index in [1.54, 1.807) is 0 Å². The molecule has 2 aromatic rings. The van der Waals surface area contributed by atoms with Crippen LogP contribution >= 0.6 is 11.8 Å². The number of amides is 4. The fraction of sp³-hybridized carbons (Fsp3) is 0.304. The van der Waals surface area contributed by atoms with Crippen molar-refractivity contribution in [3.05, 3.63) is 64.7 Å². The van der Waals surface area contributed by atoms with Crippen LogP contribution in [0.25, 0.3) is 0 Å². The van der Waals surface area contributed by atoms with Crippen LogP contribution in [-0.4, -0.2) is 40.1 Å². The van der Waals surface area contributed by atoms with Gasteiger partial charge in [-0.2, -0.15) is 22.0 Å². The predicted molar refractivity (Wildman–Crippen MR) is 117 cm³/mol. The van der Waals surface area contributed by atoms with Crippen LogP contribution in [0.2, 0.25) is 0 Å². The third kappa shape index (κ3) is 5.20. The molecule has 4 amide bonds. The molecule has 0 bridgehead atoms. The maximum Gasteiger partial charge on any atom is 0.446 e. The van der Waals surface area contributed by atoms with Crippen molar-refractivity contribution in [1.82, 2.24) is 15.5 Å². The summed E-state index contributed by atoms with van der Waals surface area (Å²) in [6.45, 7) is -0.316. The molecule has 1 saturated heterocycles. The van der Waals surface area contributed by atoms with Crippen LogP contribution in [0.4, 0.5) is 22.0 Å². The number of carbonyl (C=O) groups is 4. The summed E-state index contributed by atoms with van der Waals surface area (Å²) in [7, 11) is 0. The van der Waals surface area contributed by atoms with Crippen LogP contribution in [0.3, 0.4) is 0 Å². The number of fused-ring (bicyclic) bond motifs is 1. The van der Waals surface area contributed by atoms with Crippen molar-refractivity contribution in [1.29, 1.82) is 0 Å². The molecule has 0 aromatic heterocycles. The lowest BCUT2D eigenvalue weighted by molar-refractivity contribution is -0.147. The van der Waals surface area contributed by atoms with Crippen LogP contribution in [0.5, 0.6) is 0 Å². The first kappa shape index (κ1) is 25.6. The Morgan fingerprint density at radius 2 is 1.81 bits per heavy atom. The number of nitrogens with zero attached hydrogens (tertiary/aromatic N) is 1. The summed E-state index contributed by atoms with van der Waals surface area (Å²) < 4.78 is 67.8. The zero-order chi connectivity index (χ0) is 26.3. The number of nitrogens with one attached hydrogen (secondary N) is 2. The number of benzene rings is 2. The molecule has 1 unspecified atom stereocenters. The summed E-state index contributed by atoms with van der Waals surface area (Å²) in [4.78, 5) is 49.1. The van der Waals surface area contributed by atoms with Gasteiger partial charge in [-0.05, 0) is 41.4 Å². The molecule has 2 aromatic carbocycles. The fourth-order valence-corrected chi connectivity index (χ4v) is 4.80. The maximum absolute atomic E-state index is 14.8. The molecule has 7 nitrogen and oxygen atoms in total. The lowest BCUT2D eigenvalue weighted by atomic mass is 10.0. The Hall–Kier alpha value is -3.48. The number of halogens is 5. The Bertz CT molecular complexity index is 1250. The van der Waals surface area contributed by atoms with E-state index in [9.17, 15) is 41.1 Å². The van der Waals surface area contributed by atoms with Gasteiger partial charge in [-0.3, -0.25) is 24.5 Å². The molecular weight excluding hydrogens is 509 g/mol. The van der Waals surface area contributed by atoms with Crippen molar-refractivity contribution < 1.29 is 41.1 Å². The van der Waals surface area contributed by atoms with E-state index >= 15 is 0 Å². The van der Waals surface area contributed by atoms with Gasteiger partial charge in [-0.15, -0.1) is 0 Å². The number of alkyl halides is 5. The van der Waals surface area contributed by atoms with E-state index in [0.29, 0.717) is 16.7 Å². The number of hydrogen-bond acceptors (Lipinski definition) is 5. The molecule has 2 aliphatic rings. The minimum atomic E-state index is -4.81. The van der Waals surface area contributed by atoms with E-state index in [-0.39, 0.29) is 25.9 Å². The first-order valence-corrected chi connectivity index (χ1v) is 11.5. The van der Waals surface area contributed by atoms with Crippen LogP contribution in [-0.2, 0) is 33.4 Å². The van der Waals surface area contributed by atoms with Gasteiger partial charge in [0.05, 0.1) is 0 Å². The van der Waals surface area contributed by atoms with E-state index < -0.39 is 63.3 Å². The first-order chi connectivity index (χ1) is 16.9. The highest BCUT2D eigenvalue weighted by atomic mass is 32.2. The van der Waals surface area contributed by atoms with Gasteiger partial charge in [0.2, 0.25) is 11.8 Å². The second kappa shape index (κ2) is 9.52. The molecule has 4 rings (SSSR count). The lowest BCUT2D eigenvalue weighted by Gasteiger charge is -2.29. The molecule has 36 heavy (non-hydrogen) atoms. The van der Waals surface area contributed by atoms with Gasteiger partial charge in [0, 0.05) is 35.5 Å². The molecule has 2 heterocycles. The van der Waals surface area contributed by atoms with Crippen LogP contribution < -0.4 is 10.6 Å². The van der Waals surface area contributed by atoms with E-state index in [1.807, 2.05) is 5.32 Å². The van der Waals surface area contributed by atoms with Gasteiger partial charge in [-0.1, -0.05) is 30.3 Å². The van der Waals surface area contributed by atoms with Gasteiger partial charge in [-0.25, -0.2) is 0 Å². The zero-order valence-electron chi connectivity index (χ0n) is 18.3. The van der Waals surface area contributed by atoms with Gasteiger partial charge in [0.15, 0.2) is 0 Å². The van der Waals surface area contributed by atoms with Crippen LogP contribution in [0, 0.1) is 0 Å². The van der Waals surface area contributed by atoms with Crippen molar-refractivity contribution in [2.24, 2.45) is 0 Å². The quantitative estimate of drug-likeness (QED) is 0.341. The third-order valence-electron chi connectivity index (χ3n) is 5.78. The number of hydrogen-bond donors (Lipinski definition) is 2. The average molecular weight is 527 g/mol. The second-order valence-corrected chi connectivity index (χ2v) is 9.30. The number of carbonyl (C=O) groups excluding carboxylic acids is 4. The SMILES string of the molecule is O=C1CCC(N2Cc3cc(CNC(=O)C(F)(F)c4ccccc4SC(F)(F)F)ccc3C2=O)C(=O)N1. The highest BCUT2D eigenvalue weighted by Gasteiger charge is 2.44. The monoisotopic (exact) mass is 527 g/mol. The van der Waals surface area contributed by atoms with Crippen molar-refractivity contribution >= 4 is 35.4 Å². The lowest BCUT2D eigenvalue weighted by Crippen LogP contribution is -2.52. The summed E-state index contributed by atoms with van der Waals surface area (Å²) >= 11 is -0.732. The third-order valence-corrected chi connectivity index (χ3v) is 6.58. The second-order valence-electron chi connectivity index (χ2n) is 8.19. The number of rotatable bonds is 6. The van der Waals surface area contributed by atoms with Crippen LogP contribution in [0.15, 0.2) is 47.4 Å². The van der Waals surface area contributed by atoms with Gasteiger partial charge < -0.3 is 10.2 Å². The Kier molecular flexibility index (Phi) is 6.78. The molecule has 1 fully saturated rings. The topological polar surface area (TPSA) is 95.6 Å². The van der Waals surface area contributed by atoms with E-state index in [1.165, 1.54) is 23.1 Å². The molecular formula is C23H18F5N3O4S. The van der Waals surface area contributed by atoms with Crippen molar-refractivity contribution in [3.63, 3.8) is 0 Å². The van der Waals surface area contributed by atoms with Crippen molar-refractivity contribution in [2.75, 3.05) is 0 Å². The Balaban J connectivity index is 1.45. The van der Waals surface area contributed by atoms with Crippen molar-refractivity contribution in [3.8, 4) is 0 Å². The van der Waals surface area contributed by atoms with Crippen LogP contribution in [0.1, 0.15) is 39.9 Å². The van der Waals surface area contributed by atoms with Gasteiger partial charge in [0.1, 0.15) is 6.04 Å². The molecule has 2 aliphatic heterocycles. The minimum Gasteiger partial charge on any atom is -0.346 e. The molecule has 0 saturated carbocycles. The number of imide groups is 1. The summed E-state index contributed by atoms with van der Waals surface area (Å²) in [5, 5.41) is 4.22. The molecule has 0 spiro atoms. The molecule has 13 heteroatoms. The smallest absolute Gasteiger partial charge is 0.346 e. The van der Waals surface area contributed by atoms with Crippen molar-refractivity contribution in [2.45, 2.75) is 48.3 Å². The summed E-state index contributed by atoms with van der Waals surface area (Å²) in [5.41, 5.74) is -4.70. The fourth-order valence-electron chi connectivity index (χ4n) is 4.09. The molecule has 2 N–H and O–H groups in total. The summed E-state index contributed by atoms with van der Waals surface area (Å²) in [6, 6.07) is 7.48. The normalized spacial score (nSPS) is 18.2. The highest BCUT2D eigenvalue weighted by Crippen LogP contribution is 2.43. The molecule has 1 atom stereocenters. The number of thioether (sulfide) groups is 1. The Morgan fingerprint density at radius 1 is 1.08 bits per heavy atom. The summed E-state index contributed by atoms with van der Waals surface area (Å²) in [5.74, 6) is -7.43. The summed E-state index contributed by atoms with van der Waals surface area (Å²) in [6.07, 6.45) is 0.267. The standard InChI is InChI=1S/C23H18F5N3O4S/c24-22(25,15-3-1-2-4-17(15)36-23(26,27)28)21(35)29-10-12-5-6-14-13(9-12)11-31(20(14)34)16-7-8-18(32)30-19(16)33/h1-6,9,16H,7-8,10-11H2,(H,29,35)(H,30,32,33). The maximum atomic E-state index is 14.8. The first-order valence-electron chi connectivity index (χ1n) is 10.6. The minimum absolute atomic E-state index is 0.0560. The average Bonchev–Trinajstić information content (AvgIpc) is 3.12. The van der Waals surface area contributed by atoms with E-state index in [0.717, 1.165) is 24.3 Å². The Labute approximate surface area is 205 Å². The van der Waals surface area contributed by atoms with Gasteiger partial charge >= 0.3 is 11.4 Å². The zero-order valence-corrected chi connectivity index (χ0v) is 19.1. The molecule has 0 radical (unpaired) electrons. The largest absolute Gasteiger partial charge is 0.446 e. The number of piperidine rings is 1. The molecule has 190 valence electrons. The Morgan fingerprint density at radius 3 is 2.50 bits per heavy atom. The van der Waals surface area contributed by atoms with E-state index in [2.05, 4.69) is 5.32 Å². The van der Waals surface area contributed by atoms with E-state index in [4.69, 9.17) is 0 Å². The highest BCUT2D eigenvalue weighted by molar-refractivity contribution is 8.00. The molecule has 0 aliphatic carbocycles. The predicted octanol–water partition coefficient (Wildman–Crippen LogP) is 3.47.